The SMILES string of the molecule is O=C(c1sc2cc(Cl)ccc2c1Cl)N1CC[C@@H]2CNC[C@@H]2CC1. The minimum Gasteiger partial charge on any atom is -0.338 e. The molecule has 0 spiro atoms. The van der Waals surface area contributed by atoms with Crippen molar-refractivity contribution in [2.45, 2.75) is 12.8 Å². The van der Waals surface area contributed by atoms with Crippen LogP contribution in [0.5, 0.6) is 0 Å². The third-order valence-electron chi connectivity index (χ3n) is 5.09. The Hall–Kier alpha value is -0.810. The molecule has 1 aromatic heterocycles. The van der Waals surface area contributed by atoms with E-state index in [0.717, 1.165) is 49.1 Å². The number of carbonyl (C=O) groups excluding carboxylic acids is 1. The minimum atomic E-state index is 0.0697. The van der Waals surface area contributed by atoms with Crippen molar-refractivity contribution < 1.29 is 4.79 Å². The summed E-state index contributed by atoms with van der Waals surface area (Å²) >= 11 is 14.0. The van der Waals surface area contributed by atoms with E-state index in [2.05, 4.69) is 5.32 Å². The van der Waals surface area contributed by atoms with Crippen molar-refractivity contribution in [3.8, 4) is 0 Å². The summed E-state index contributed by atoms with van der Waals surface area (Å²) in [5.74, 6) is 1.49. The largest absolute Gasteiger partial charge is 0.338 e. The molecule has 6 heteroatoms. The number of halogens is 2. The molecule has 0 radical (unpaired) electrons. The molecule has 23 heavy (non-hydrogen) atoms. The summed E-state index contributed by atoms with van der Waals surface area (Å²) in [6.45, 7) is 3.84. The number of hydrogen-bond donors (Lipinski definition) is 1. The van der Waals surface area contributed by atoms with Crippen molar-refractivity contribution in [1.82, 2.24) is 10.2 Å². The highest BCUT2D eigenvalue weighted by Crippen LogP contribution is 2.38. The minimum absolute atomic E-state index is 0.0697. The Morgan fingerprint density at radius 3 is 2.57 bits per heavy atom. The Labute approximate surface area is 149 Å². The molecular formula is C17H18Cl2N2OS. The normalized spacial score (nSPS) is 24.7. The molecule has 122 valence electrons. The van der Waals surface area contributed by atoms with Crippen LogP contribution in [0.2, 0.25) is 10.0 Å². The summed E-state index contributed by atoms with van der Waals surface area (Å²) < 4.78 is 0.974. The lowest BCUT2D eigenvalue weighted by atomic mass is 9.92. The number of nitrogens with one attached hydrogen (secondary N) is 1. The molecule has 4 rings (SSSR count). The first-order valence-electron chi connectivity index (χ1n) is 8.01. The average Bonchev–Trinajstić information content (AvgIpc) is 3.05. The van der Waals surface area contributed by atoms with Gasteiger partial charge in [0.15, 0.2) is 0 Å². The Kier molecular flexibility index (Phi) is 4.26. The molecular weight excluding hydrogens is 351 g/mol. The van der Waals surface area contributed by atoms with Crippen molar-refractivity contribution in [3.63, 3.8) is 0 Å². The van der Waals surface area contributed by atoms with Crippen LogP contribution in [0, 0.1) is 11.8 Å². The predicted octanol–water partition coefficient (Wildman–Crippen LogP) is 4.28. The Balaban J connectivity index is 1.60. The Bertz CT molecular complexity index is 746. The quantitative estimate of drug-likeness (QED) is 0.814. The highest BCUT2D eigenvalue weighted by atomic mass is 35.5. The number of likely N-dealkylation sites (tertiary alicyclic amines) is 1. The summed E-state index contributed by atoms with van der Waals surface area (Å²) in [7, 11) is 0. The van der Waals surface area contributed by atoms with Gasteiger partial charge in [0.25, 0.3) is 5.91 Å². The van der Waals surface area contributed by atoms with Gasteiger partial charge in [-0.1, -0.05) is 29.3 Å². The first-order valence-corrected chi connectivity index (χ1v) is 9.58. The maximum Gasteiger partial charge on any atom is 0.265 e. The summed E-state index contributed by atoms with van der Waals surface area (Å²) in [6, 6.07) is 5.59. The zero-order chi connectivity index (χ0) is 16.0. The number of amides is 1. The lowest BCUT2D eigenvalue weighted by Crippen LogP contribution is -2.32. The van der Waals surface area contributed by atoms with E-state index >= 15 is 0 Å². The van der Waals surface area contributed by atoms with Gasteiger partial charge < -0.3 is 10.2 Å². The molecule has 0 bridgehead atoms. The van der Waals surface area contributed by atoms with Crippen LogP contribution < -0.4 is 5.32 Å². The van der Waals surface area contributed by atoms with Crippen LogP contribution in [0.3, 0.4) is 0 Å². The van der Waals surface area contributed by atoms with Gasteiger partial charge in [0.1, 0.15) is 4.88 Å². The molecule has 1 amide bonds. The molecule has 2 atom stereocenters. The van der Waals surface area contributed by atoms with Crippen LogP contribution in [-0.4, -0.2) is 37.0 Å². The van der Waals surface area contributed by atoms with Gasteiger partial charge in [-0.3, -0.25) is 4.79 Å². The van der Waals surface area contributed by atoms with Gasteiger partial charge in [0.2, 0.25) is 0 Å². The third-order valence-corrected chi connectivity index (χ3v) is 6.97. The average molecular weight is 369 g/mol. The molecule has 2 aliphatic rings. The number of benzene rings is 1. The van der Waals surface area contributed by atoms with Crippen LogP contribution in [0.1, 0.15) is 22.5 Å². The first kappa shape index (κ1) is 15.7. The standard InChI is InChI=1S/C17H18Cl2N2OS/c18-12-1-2-13-14(7-12)23-16(15(13)19)17(22)21-5-3-10-8-20-9-11(10)4-6-21/h1-2,7,10-11,20H,3-6,8-9H2/t10-,11+. The molecule has 0 unspecified atom stereocenters. The van der Waals surface area contributed by atoms with E-state index in [9.17, 15) is 4.79 Å². The maximum absolute atomic E-state index is 13.0. The van der Waals surface area contributed by atoms with E-state index in [1.165, 1.54) is 11.3 Å². The third kappa shape index (κ3) is 2.86. The highest BCUT2D eigenvalue weighted by Gasteiger charge is 2.32. The fraction of sp³-hybridized carbons (Fsp3) is 0.471. The van der Waals surface area contributed by atoms with Gasteiger partial charge in [-0.25, -0.2) is 0 Å². The summed E-state index contributed by atoms with van der Waals surface area (Å²) in [5.41, 5.74) is 0. The van der Waals surface area contributed by atoms with Crippen molar-refractivity contribution >= 4 is 50.5 Å². The molecule has 2 aliphatic heterocycles. The number of thiophene rings is 1. The lowest BCUT2D eigenvalue weighted by Gasteiger charge is -2.20. The van der Waals surface area contributed by atoms with Crippen molar-refractivity contribution in [2.75, 3.05) is 26.2 Å². The summed E-state index contributed by atoms with van der Waals surface area (Å²) in [6.07, 6.45) is 2.16. The van der Waals surface area contributed by atoms with Gasteiger partial charge in [-0.05, 0) is 49.9 Å². The van der Waals surface area contributed by atoms with Crippen LogP contribution in [0.15, 0.2) is 18.2 Å². The number of rotatable bonds is 1. The van der Waals surface area contributed by atoms with E-state index < -0.39 is 0 Å². The van der Waals surface area contributed by atoms with E-state index in [-0.39, 0.29) is 5.91 Å². The topological polar surface area (TPSA) is 32.3 Å². The molecule has 2 fully saturated rings. The van der Waals surface area contributed by atoms with Crippen LogP contribution in [0.25, 0.3) is 10.1 Å². The Morgan fingerprint density at radius 2 is 1.87 bits per heavy atom. The van der Waals surface area contributed by atoms with Crippen molar-refractivity contribution in [3.05, 3.63) is 33.1 Å². The smallest absolute Gasteiger partial charge is 0.265 e. The molecule has 2 aromatic rings. The van der Waals surface area contributed by atoms with Gasteiger partial charge in [-0.2, -0.15) is 0 Å². The molecule has 1 N–H and O–H groups in total. The van der Waals surface area contributed by atoms with E-state index in [1.54, 1.807) is 0 Å². The first-order chi connectivity index (χ1) is 11.1. The lowest BCUT2D eigenvalue weighted by molar-refractivity contribution is 0.0763. The number of fused-ring (bicyclic) bond motifs is 2. The Morgan fingerprint density at radius 1 is 1.17 bits per heavy atom. The molecule has 3 heterocycles. The van der Waals surface area contributed by atoms with Gasteiger partial charge >= 0.3 is 0 Å². The van der Waals surface area contributed by atoms with Crippen LogP contribution in [0.4, 0.5) is 0 Å². The second kappa shape index (κ2) is 6.25. The summed E-state index contributed by atoms with van der Waals surface area (Å²) in [4.78, 5) is 15.6. The second-order valence-corrected chi connectivity index (χ2v) is 8.30. The monoisotopic (exact) mass is 368 g/mol. The molecule has 0 saturated carbocycles. The number of hydrogen-bond acceptors (Lipinski definition) is 3. The van der Waals surface area contributed by atoms with Gasteiger partial charge in [0, 0.05) is 28.2 Å². The molecule has 1 aromatic carbocycles. The molecule has 2 saturated heterocycles. The van der Waals surface area contributed by atoms with Crippen molar-refractivity contribution in [1.29, 1.82) is 0 Å². The predicted molar refractivity (Wildman–Crippen MR) is 96.8 cm³/mol. The van der Waals surface area contributed by atoms with E-state index in [1.807, 2.05) is 23.1 Å². The van der Waals surface area contributed by atoms with Crippen molar-refractivity contribution in [2.24, 2.45) is 11.8 Å². The maximum atomic E-state index is 13.0. The van der Waals surface area contributed by atoms with Gasteiger partial charge in [0.05, 0.1) is 5.02 Å². The second-order valence-electron chi connectivity index (χ2n) is 6.43. The fourth-order valence-electron chi connectivity index (χ4n) is 3.74. The number of carbonyl (C=O) groups is 1. The summed E-state index contributed by atoms with van der Waals surface area (Å²) in [5, 5.41) is 5.62. The number of nitrogens with zero attached hydrogens (tertiary/aromatic N) is 1. The fourth-order valence-corrected chi connectivity index (χ4v) is 5.50. The van der Waals surface area contributed by atoms with Crippen LogP contribution >= 0.6 is 34.5 Å². The zero-order valence-electron chi connectivity index (χ0n) is 12.6. The molecule has 3 nitrogen and oxygen atoms in total. The van der Waals surface area contributed by atoms with Gasteiger partial charge in [-0.15, -0.1) is 11.3 Å². The molecule has 0 aliphatic carbocycles. The van der Waals surface area contributed by atoms with E-state index in [0.29, 0.717) is 26.8 Å². The van der Waals surface area contributed by atoms with Crippen LogP contribution in [-0.2, 0) is 0 Å². The highest BCUT2D eigenvalue weighted by molar-refractivity contribution is 7.21. The zero-order valence-corrected chi connectivity index (χ0v) is 15.0. The van der Waals surface area contributed by atoms with E-state index in [4.69, 9.17) is 23.2 Å².